The lowest BCUT2D eigenvalue weighted by atomic mass is 10.00. The van der Waals surface area contributed by atoms with Gasteiger partial charge >= 0.3 is 0 Å². The molecule has 0 N–H and O–H groups in total. The molecule has 7 nitrogen and oxygen atoms in total. The van der Waals surface area contributed by atoms with Gasteiger partial charge in [-0.15, -0.1) is 0 Å². The van der Waals surface area contributed by atoms with E-state index in [0.717, 1.165) is 58.3 Å². The van der Waals surface area contributed by atoms with E-state index >= 15 is 0 Å². The van der Waals surface area contributed by atoms with Crippen LogP contribution in [0.3, 0.4) is 0 Å². The number of sulfonamides is 1. The number of ether oxygens (including phenoxy) is 1. The highest BCUT2D eigenvalue weighted by molar-refractivity contribution is 7.89. The van der Waals surface area contributed by atoms with Crippen LogP contribution in [0.25, 0.3) is 0 Å². The van der Waals surface area contributed by atoms with E-state index in [4.69, 9.17) is 4.74 Å². The van der Waals surface area contributed by atoms with Crippen molar-refractivity contribution in [3.8, 4) is 0 Å². The summed E-state index contributed by atoms with van der Waals surface area (Å²) in [5.74, 6) is 0.213. The molecule has 8 heteroatoms. The first kappa shape index (κ1) is 22.0. The molecule has 3 aliphatic rings. The Morgan fingerprint density at radius 1 is 1.00 bits per heavy atom. The summed E-state index contributed by atoms with van der Waals surface area (Å²) >= 11 is 0. The Bertz CT molecular complexity index is 631. The maximum atomic E-state index is 13.1. The van der Waals surface area contributed by atoms with E-state index in [0.29, 0.717) is 13.0 Å². The lowest BCUT2D eigenvalue weighted by molar-refractivity contribution is -0.132. The second-order valence-electron chi connectivity index (χ2n) is 8.85. The fourth-order valence-corrected chi connectivity index (χ4v) is 7.04. The standard InChI is InChI=1S/C20H37N3O4S/c1-16-13-21(14-17(2)27-16)15-20-8-6-11-23(20)28(25,26)12-9-19-7-4-5-10-22(19)18(3)24/h16-17,19-20H,4-15H2,1-3H3/t16-,17+,19-,20-/m1/s1. The van der Waals surface area contributed by atoms with Gasteiger partial charge in [-0.05, 0) is 52.4 Å². The summed E-state index contributed by atoms with van der Waals surface area (Å²) < 4.78 is 33.8. The molecule has 0 radical (unpaired) electrons. The molecule has 3 rings (SSSR count). The second kappa shape index (κ2) is 9.41. The zero-order valence-electron chi connectivity index (χ0n) is 17.7. The summed E-state index contributed by atoms with van der Waals surface area (Å²) in [7, 11) is -3.30. The van der Waals surface area contributed by atoms with Crippen LogP contribution in [-0.2, 0) is 19.6 Å². The summed E-state index contributed by atoms with van der Waals surface area (Å²) in [5, 5.41) is 0. The third kappa shape index (κ3) is 5.46. The highest BCUT2D eigenvalue weighted by Crippen LogP contribution is 2.26. The topological polar surface area (TPSA) is 70.2 Å². The van der Waals surface area contributed by atoms with E-state index in [-0.39, 0.29) is 36.0 Å². The van der Waals surface area contributed by atoms with Gasteiger partial charge in [0, 0.05) is 51.7 Å². The minimum absolute atomic E-state index is 0.0664. The molecule has 0 aromatic heterocycles. The Balaban J connectivity index is 1.58. The predicted octanol–water partition coefficient (Wildman–Crippen LogP) is 1.68. The van der Waals surface area contributed by atoms with Crippen molar-refractivity contribution in [2.24, 2.45) is 0 Å². The highest BCUT2D eigenvalue weighted by Gasteiger charge is 2.37. The van der Waals surface area contributed by atoms with Crippen LogP contribution in [0, 0.1) is 0 Å². The average Bonchev–Trinajstić information content (AvgIpc) is 3.08. The average molecular weight is 416 g/mol. The van der Waals surface area contributed by atoms with Crippen molar-refractivity contribution < 1.29 is 17.9 Å². The number of piperidine rings is 1. The summed E-state index contributed by atoms with van der Waals surface area (Å²) in [4.78, 5) is 16.1. The van der Waals surface area contributed by atoms with Gasteiger partial charge < -0.3 is 9.64 Å². The number of likely N-dealkylation sites (tertiary alicyclic amines) is 1. The smallest absolute Gasteiger partial charge is 0.219 e. The monoisotopic (exact) mass is 415 g/mol. The first-order valence-corrected chi connectivity index (χ1v) is 12.5. The Labute approximate surface area is 170 Å². The lowest BCUT2D eigenvalue weighted by Crippen LogP contribution is -2.51. The molecule has 0 aliphatic carbocycles. The Morgan fingerprint density at radius 2 is 1.68 bits per heavy atom. The largest absolute Gasteiger partial charge is 0.373 e. The van der Waals surface area contributed by atoms with Crippen molar-refractivity contribution in [1.82, 2.24) is 14.1 Å². The lowest BCUT2D eigenvalue weighted by Gasteiger charge is -2.38. The molecule has 3 aliphatic heterocycles. The van der Waals surface area contributed by atoms with Crippen molar-refractivity contribution in [2.45, 2.75) is 83.6 Å². The molecular formula is C20H37N3O4S. The van der Waals surface area contributed by atoms with E-state index in [1.807, 2.05) is 4.90 Å². The van der Waals surface area contributed by atoms with Crippen LogP contribution in [0.2, 0.25) is 0 Å². The Morgan fingerprint density at radius 3 is 2.36 bits per heavy atom. The number of nitrogens with zero attached hydrogens (tertiary/aromatic N) is 3. The molecule has 0 bridgehead atoms. The Kier molecular flexibility index (Phi) is 7.39. The molecule has 0 aromatic carbocycles. The second-order valence-corrected chi connectivity index (χ2v) is 10.9. The van der Waals surface area contributed by atoms with Crippen LogP contribution in [0.1, 0.15) is 59.3 Å². The van der Waals surface area contributed by atoms with Gasteiger partial charge in [-0.2, -0.15) is 4.31 Å². The van der Waals surface area contributed by atoms with Gasteiger partial charge in [-0.1, -0.05) is 0 Å². The maximum absolute atomic E-state index is 13.1. The third-order valence-corrected chi connectivity index (χ3v) is 8.33. The van der Waals surface area contributed by atoms with E-state index in [1.54, 1.807) is 11.2 Å². The molecule has 0 aromatic rings. The number of morpholine rings is 1. The summed E-state index contributed by atoms with van der Waals surface area (Å²) in [6.07, 6.45) is 5.82. The number of carbonyl (C=O) groups is 1. The molecule has 3 heterocycles. The normalized spacial score (nSPS) is 33.3. The van der Waals surface area contributed by atoms with Gasteiger partial charge in [0.25, 0.3) is 0 Å². The van der Waals surface area contributed by atoms with E-state index in [2.05, 4.69) is 18.7 Å². The molecule has 3 fully saturated rings. The minimum Gasteiger partial charge on any atom is -0.373 e. The van der Waals surface area contributed by atoms with Crippen LogP contribution < -0.4 is 0 Å². The molecular weight excluding hydrogens is 378 g/mol. The molecule has 0 saturated carbocycles. The van der Waals surface area contributed by atoms with Crippen molar-refractivity contribution in [2.75, 3.05) is 38.5 Å². The molecule has 4 atom stereocenters. The third-order valence-electron chi connectivity index (χ3n) is 6.39. The number of hydrogen-bond acceptors (Lipinski definition) is 5. The number of hydrogen-bond donors (Lipinski definition) is 0. The van der Waals surface area contributed by atoms with E-state index in [9.17, 15) is 13.2 Å². The summed E-state index contributed by atoms with van der Waals surface area (Å²) in [6.45, 7) is 9.67. The van der Waals surface area contributed by atoms with Crippen molar-refractivity contribution in [3.05, 3.63) is 0 Å². The van der Waals surface area contributed by atoms with Crippen molar-refractivity contribution in [1.29, 1.82) is 0 Å². The molecule has 3 saturated heterocycles. The predicted molar refractivity (Wildman–Crippen MR) is 110 cm³/mol. The van der Waals surface area contributed by atoms with Crippen LogP contribution in [0.4, 0.5) is 0 Å². The molecule has 0 spiro atoms. The maximum Gasteiger partial charge on any atom is 0.219 e. The van der Waals surface area contributed by atoms with Gasteiger partial charge in [-0.25, -0.2) is 8.42 Å². The van der Waals surface area contributed by atoms with Crippen LogP contribution in [-0.4, -0.2) is 91.2 Å². The summed E-state index contributed by atoms with van der Waals surface area (Å²) in [6, 6.07) is 0.140. The zero-order valence-corrected chi connectivity index (χ0v) is 18.5. The fourth-order valence-electron chi connectivity index (χ4n) is 5.21. The molecule has 28 heavy (non-hydrogen) atoms. The Hall–Kier alpha value is -0.700. The number of rotatable bonds is 6. The van der Waals surface area contributed by atoms with Crippen molar-refractivity contribution in [3.63, 3.8) is 0 Å². The first-order valence-electron chi connectivity index (χ1n) is 10.9. The SMILES string of the molecule is CC(=O)N1CCCC[C@@H]1CCS(=O)(=O)N1CCC[C@@H]1CN1C[C@@H](C)O[C@@H](C)C1. The molecule has 1 amide bonds. The fraction of sp³-hybridized carbons (Fsp3) is 0.950. The van der Waals surface area contributed by atoms with Gasteiger partial charge in [0.1, 0.15) is 0 Å². The van der Waals surface area contributed by atoms with E-state index in [1.165, 1.54) is 0 Å². The molecule has 162 valence electrons. The van der Waals surface area contributed by atoms with Gasteiger partial charge in [0.05, 0.1) is 18.0 Å². The van der Waals surface area contributed by atoms with Crippen LogP contribution in [0.5, 0.6) is 0 Å². The van der Waals surface area contributed by atoms with Gasteiger partial charge in [0.15, 0.2) is 0 Å². The highest BCUT2D eigenvalue weighted by atomic mass is 32.2. The number of amides is 1. The first-order chi connectivity index (χ1) is 13.3. The van der Waals surface area contributed by atoms with Gasteiger partial charge in [0.2, 0.25) is 15.9 Å². The van der Waals surface area contributed by atoms with E-state index < -0.39 is 10.0 Å². The van der Waals surface area contributed by atoms with Crippen LogP contribution >= 0.6 is 0 Å². The summed E-state index contributed by atoms with van der Waals surface area (Å²) in [5.41, 5.74) is 0. The minimum atomic E-state index is -3.30. The van der Waals surface area contributed by atoms with Crippen molar-refractivity contribution >= 4 is 15.9 Å². The van der Waals surface area contributed by atoms with Crippen LogP contribution in [0.15, 0.2) is 0 Å². The quantitative estimate of drug-likeness (QED) is 0.660. The molecule has 0 unspecified atom stereocenters. The number of carbonyl (C=O) groups excluding carboxylic acids is 1. The zero-order chi connectivity index (χ0) is 20.3. The van der Waals surface area contributed by atoms with Gasteiger partial charge in [-0.3, -0.25) is 9.69 Å².